The van der Waals surface area contributed by atoms with Crippen molar-refractivity contribution in [1.82, 2.24) is 41.7 Å². The van der Waals surface area contributed by atoms with E-state index in [0.29, 0.717) is 4.90 Å². The number of nitrogens with one attached hydrogen (secondary N) is 6. The van der Waals surface area contributed by atoms with Gasteiger partial charge >= 0.3 is 18.1 Å². The fourth-order valence-electron chi connectivity index (χ4n) is 2.17. The minimum atomic E-state index is -1.39. The molecule has 2 rings (SSSR count). The Labute approximate surface area is 146 Å². The maximum atomic E-state index is 11.7. The smallest absolute Gasteiger partial charge is 0.328 e. The van der Waals surface area contributed by atoms with Gasteiger partial charge in [0.15, 0.2) is 12.3 Å². The molecule has 2 aliphatic rings. The minimum absolute atomic E-state index is 0.0739. The number of imide groups is 1. The maximum absolute atomic E-state index is 11.7. The number of carbonyl (C=O) groups excluding carboxylic acids is 5. The van der Waals surface area contributed by atoms with E-state index >= 15 is 0 Å². The van der Waals surface area contributed by atoms with Crippen molar-refractivity contribution in [1.29, 1.82) is 0 Å². The molecule has 26 heavy (non-hydrogen) atoms. The second-order valence-electron chi connectivity index (χ2n) is 5.12. The van der Waals surface area contributed by atoms with Crippen molar-refractivity contribution >= 4 is 29.9 Å². The molecule has 0 bridgehead atoms. The zero-order valence-corrected chi connectivity index (χ0v) is 13.3. The van der Waals surface area contributed by atoms with Crippen LogP contribution in [0.1, 0.15) is 0 Å². The Morgan fingerprint density at radius 2 is 1.62 bits per heavy atom. The average Bonchev–Trinajstić information content (AvgIpc) is 3.07. The van der Waals surface area contributed by atoms with Crippen LogP contribution in [0, 0.1) is 0 Å². The van der Waals surface area contributed by atoms with Gasteiger partial charge in [0.25, 0.3) is 11.8 Å². The summed E-state index contributed by atoms with van der Waals surface area (Å²) in [5, 5.41) is 31.2. The van der Waals surface area contributed by atoms with E-state index in [9.17, 15) is 24.0 Å². The van der Waals surface area contributed by atoms with Gasteiger partial charge in [-0.1, -0.05) is 0 Å². The van der Waals surface area contributed by atoms with Crippen molar-refractivity contribution in [3.8, 4) is 0 Å². The highest BCUT2D eigenvalue weighted by atomic mass is 16.3. The average molecular weight is 374 g/mol. The highest BCUT2D eigenvalue weighted by Gasteiger charge is 2.39. The van der Waals surface area contributed by atoms with Gasteiger partial charge < -0.3 is 36.8 Å². The Balaban J connectivity index is 1.72. The van der Waals surface area contributed by atoms with Crippen molar-refractivity contribution in [2.24, 2.45) is 0 Å². The number of hydrogen-bond donors (Lipinski definition) is 8. The van der Waals surface area contributed by atoms with Gasteiger partial charge in [0.05, 0.1) is 20.1 Å². The molecule has 15 heteroatoms. The van der Waals surface area contributed by atoms with Crippen LogP contribution in [-0.2, 0) is 9.59 Å². The third kappa shape index (κ3) is 4.26. The lowest BCUT2D eigenvalue weighted by Crippen LogP contribution is -2.56. The Morgan fingerprint density at radius 1 is 1.00 bits per heavy atom. The summed E-state index contributed by atoms with van der Waals surface area (Å²) in [6.07, 6.45) is -2.44. The highest BCUT2D eigenvalue weighted by Crippen LogP contribution is 2.04. The van der Waals surface area contributed by atoms with Gasteiger partial charge in [0.1, 0.15) is 6.73 Å². The number of nitrogens with zero attached hydrogens (tertiary/aromatic N) is 2. The number of aliphatic hydroxyl groups excluding tert-OH is 2. The van der Waals surface area contributed by atoms with E-state index in [-0.39, 0.29) is 13.3 Å². The van der Waals surface area contributed by atoms with E-state index in [1.165, 1.54) is 4.90 Å². The fourth-order valence-corrected chi connectivity index (χ4v) is 2.17. The maximum Gasteiger partial charge on any atom is 0.328 e. The number of amides is 8. The molecule has 0 radical (unpaired) electrons. The molecular formula is C11H18N8O7. The van der Waals surface area contributed by atoms with Crippen molar-refractivity contribution < 1.29 is 34.2 Å². The number of aliphatic hydroxyl groups is 2. The molecule has 0 saturated carbocycles. The summed E-state index contributed by atoms with van der Waals surface area (Å²) in [5.74, 6) is -1.32. The van der Waals surface area contributed by atoms with E-state index < -0.39 is 55.7 Å². The van der Waals surface area contributed by atoms with Gasteiger partial charge in [-0.25, -0.2) is 19.3 Å². The lowest BCUT2D eigenvalue weighted by Gasteiger charge is -2.21. The van der Waals surface area contributed by atoms with Gasteiger partial charge in [-0.2, -0.15) is 0 Å². The van der Waals surface area contributed by atoms with E-state index in [1.54, 1.807) is 0 Å². The monoisotopic (exact) mass is 374 g/mol. The quantitative estimate of drug-likeness (QED) is 0.167. The third-order valence-electron chi connectivity index (χ3n) is 3.49. The van der Waals surface area contributed by atoms with Crippen LogP contribution in [0.25, 0.3) is 0 Å². The van der Waals surface area contributed by atoms with Crippen LogP contribution < -0.4 is 31.9 Å². The second kappa shape index (κ2) is 8.28. The summed E-state index contributed by atoms with van der Waals surface area (Å²) in [6, 6.07) is -2.55. The summed E-state index contributed by atoms with van der Waals surface area (Å²) >= 11 is 0. The van der Waals surface area contributed by atoms with E-state index in [0.717, 1.165) is 0 Å². The topological polar surface area (TPSA) is 204 Å². The zero-order chi connectivity index (χ0) is 19.3. The highest BCUT2D eigenvalue weighted by molar-refractivity contribution is 6.05. The zero-order valence-electron chi connectivity index (χ0n) is 13.3. The van der Waals surface area contributed by atoms with Crippen LogP contribution >= 0.6 is 0 Å². The first-order chi connectivity index (χ1) is 12.4. The number of hydrogen-bond acceptors (Lipinski definition) is 8. The van der Waals surface area contributed by atoms with Crippen molar-refractivity contribution in [3.63, 3.8) is 0 Å². The number of carbonyl (C=O) groups is 5. The Kier molecular flexibility index (Phi) is 6.10. The second-order valence-corrected chi connectivity index (χ2v) is 5.12. The fraction of sp³-hybridized carbons (Fsp3) is 0.545. The summed E-state index contributed by atoms with van der Waals surface area (Å²) in [4.78, 5) is 59.6. The van der Waals surface area contributed by atoms with Crippen LogP contribution in [-0.4, -0.2) is 89.1 Å². The number of rotatable bonds is 6. The molecule has 8 N–H and O–H groups in total. The van der Waals surface area contributed by atoms with E-state index in [2.05, 4.69) is 26.6 Å². The number of urea groups is 3. The first-order valence-corrected chi connectivity index (χ1v) is 7.31. The largest absolute Gasteiger partial charge is 0.381 e. The van der Waals surface area contributed by atoms with Gasteiger partial charge in [0, 0.05) is 0 Å². The van der Waals surface area contributed by atoms with Crippen LogP contribution in [0.15, 0.2) is 0 Å². The van der Waals surface area contributed by atoms with Gasteiger partial charge in [-0.05, 0) is 0 Å². The molecule has 2 aliphatic heterocycles. The standard InChI is InChI=1S/C11H18N8O7/c20-3-18-2-14-7(22)5(18)15-9(24)12-1-13-10(25)16-6-8(23)17-11(26)19(6)4-21/h5-6,20-21H,1-4H2,(H,14,22)(H2,12,15,24)(H2,13,16,25)(H,17,23,26). The molecule has 0 aromatic carbocycles. The summed E-state index contributed by atoms with van der Waals surface area (Å²) in [6.45, 7) is -1.53. The van der Waals surface area contributed by atoms with Crippen molar-refractivity contribution in [3.05, 3.63) is 0 Å². The minimum Gasteiger partial charge on any atom is -0.381 e. The molecule has 2 saturated heterocycles. The van der Waals surface area contributed by atoms with Crippen LogP contribution in [0.5, 0.6) is 0 Å². The summed E-state index contributed by atoms with van der Waals surface area (Å²) < 4.78 is 0. The molecule has 0 aromatic heterocycles. The van der Waals surface area contributed by atoms with Crippen LogP contribution in [0.3, 0.4) is 0 Å². The molecule has 0 aliphatic carbocycles. The molecule has 15 nitrogen and oxygen atoms in total. The molecular weight excluding hydrogens is 356 g/mol. The Bertz CT molecular complexity index is 613. The molecule has 2 fully saturated rings. The van der Waals surface area contributed by atoms with Gasteiger partial charge in [-0.3, -0.25) is 19.8 Å². The third-order valence-corrected chi connectivity index (χ3v) is 3.49. The lowest BCUT2D eigenvalue weighted by atomic mass is 10.4. The van der Waals surface area contributed by atoms with Crippen LogP contribution in [0.4, 0.5) is 14.4 Å². The first kappa shape index (κ1) is 19.2. The predicted molar refractivity (Wildman–Crippen MR) is 80.2 cm³/mol. The summed E-state index contributed by atoms with van der Waals surface area (Å²) in [5.41, 5.74) is 0. The Morgan fingerprint density at radius 3 is 2.19 bits per heavy atom. The van der Waals surface area contributed by atoms with Gasteiger partial charge in [-0.15, -0.1) is 0 Å². The van der Waals surface area contributed by atoms with E-state index in [4.69, 9.17) is 10.2 Å². The SMILES string of the molecule is O=C(NCNC(=O)NC1C(=O)NC(=O)N1CO)NC1C(=O)NCN1CO. The van der Waals surface area contributed by atoms with Gasteiger partial charge in [0.2, 0.25) is 0 Å². The lowest BCUT2D eigenvalue weighted by molar-refractivity contribution is -0.123. The molecule has 2 heterocycles. The van der Waals surface area contributed by atoms with Crippen molar-refractivity contribution in [2.45, 2.75) is 12.3 Å². The molecule has 144 valence electrons. The first-order valence-electron chi connectivity index (χ1n) is 7.31. The predicted octanol–water partition coefficient (Wildman–Crippen LogP) is -4.96. The molecule has 0 aromatic rings. The molecule has 2 unspecified atom stereocenters. The normalized spacial score (nSPS) is 22.7. The van der Waals surface area contributed by atoms with Crippen LogP contribution in [0.2, 0.25) is 0 Å². The summed E-state index contributed by atoms with van der Waals surface area (Å²) in [7, 11) is 0. The molecule has 2 atom stereocenters. The molecule has 8 amide bonds. The van der Waals surface area contributed by atoms with E-state index in [1.807, 2.05) is 5.32 Å². The van der Waals surface area contributed by atoms with Crippen molar-refractivity contribution in [2.75, 3.05) is 26.8 Å². The Hall–Kier alpha value is -3.17. The molecule has 0 spiro atoms.